The molecule has 0 spiro atoms. The summed E-state index contributed by atoms with van der Waals surface area (Å²) in [6.45, 7) is 0.0249. The summed E-state index contributed by atoms with van der Waals surface area (Å²) >= 11 is 0. The van der Waals surface area contributed by atoms with Crippen LogP contribution in [0.3, 0.4) is 0 Å². The molecule has 1 N–H and O–H groups in total. The molecular formula is C20H13F4N3O3. The zero-order chi connectivity index (χ0) is 21.5. The average Bonchev–Trinajstić information content (AvgIpc) is 2.95. The number of hydrogen-bond donors (Lipinski definition) is 1. The fraction of sp³-hybridized carbons (Fsp3) is 0.100. The number of benzene rings is 2. The van der Waals surface area contributed by atoms with Crippen LogP contribution >= 0.6 is 0 Å². The third-order valence-corrected chi connectivity index (χ3v) is 4.40. The number of imidazole rings is 1. The number of halogens is 4. The first kappa shape index (κ1) is 19.5. The number of pyridine rings is 1. The first-order valence-corrected chi connectivity index (χ1v) is 8.62. The summed E-state index contributed by atoms with van der Waals surface area (Å²) in [5.41, 5.74) is 0.674. The fourth-order valence-corrected chi connectivity index (χ4v) is 3.13. The van der Waals surface area contributed by atoms with Gasteiger partial charge in [0.1, 0.15) is 11.6 Å². The van der Waals surface area contributed by atoms with Crippen molar-refractivity contribution in [2.24, 2.45) is 0 Å². The molecule has 0 unspecified atom stereocenters. The number of alkyl halides is 3. The van der Waals surface area contributed by atoms with E-state index in [1.807, 2.05) is 0 Å². The Morgan fingerprint density at radius 3 is 2.50 bits per heavy atom. The van der Waals surface area contributed by atoms with Crippen molar-refractivity contribution in [1.29, 1.82) is 0 Å². The van der Waals surface area contributed by atoms with Gasteiger partial charge in [-0.1, -0.05) is 0 Å². The third kappa shape index (κ3) is 3.84. The molecule has 0 fully saturated rings. The molecule has 6 nitrogen and oxygen atoms in total. The Hall–Kier alpha value is -3.82. The molecule has 0 atom stereocenters. The van der Waals surface area contributed by atoms with Crippen molar-refractivity contribution in [3.05, 3.63) is 82.8 Å². The number of nitrogens with zero attached hydrogens (tertiary/aromatic N) is 3. The van der Waals surface area contributed by atoms with E-state index in [1.54, 1.807) is 6.07 Å². The summed E-state index contributed by atoms with van der Waals surface area (Å²) in [7, 11) is 0. The van der Waals surface area contributed by atoms with E-state index in [9.17, 15) is 27.5 Å². The molecule has 154 valence electrons. The van der Waals surface area contributed by atoms with Crippen LogP contribution < -0.4 is 10.4 Å². The van der Waals surface area contributed by atoms with Crippen LogP contribution in [-0.2, 0) is 6.54 Å². The van der Waals surface area contributed by atoms with Gasteiger partial charge in [-0.25, -0.2) is 13.8 Å². The van der Waals surface area contributed by atoms with E-state index in [2.05, 4.69) is 9.72 Å². The van der Waals surface area contributed by atoms with Crippen molar-refractivity contribution in [3.63, 3.8) is 0 Å². The highest BCUT2D eigenvalue weighted by Gasteiger charge is 2.31. The molecule has 10 heteroatoms. The van der Waals surface area contributed by atoms with Gasteiger partial charge in [0.05, 0.1) is 23.9 Å². The highest BCUT2D eigenvalue weighted by Crippen LogP contribution is 2.25. The molecule has 0 radical (unpaired) electrons. The van der Waals surface area contributed by atoms with Crippen molar-refractivity contribution < 1.29 is 27.4 Å². The summed E-state index contributed by atoms with van der Waals surface area (Å²) < 4.78 is 56.4. The maximum atomic E-state index is 13.6. The molecule has 30 heavy (non-hydrogen) atoms. The average molecular weight is 419 g/mol. The minimum Gasteiger partial charge on any atom is -0.493 e. The SMILES string of the molecule is O=c1n(Cc2ccnc3ccc(F)cc23)cc(O)n1-c1ccc(OC(F)(F)F)cc1. The number of rotatable bonds is 4. The number of fused-ring (bicyclic) bond motifs is 1. The van der Waals surface area contributed by atoms with Crippen molar-refractivity contribution in [1.82, 2.24) is 14.1 Å². The van der Waals surface area contributed by atoms with Crippen LogP contribution in [0.4, 0.5) is 17.6 Å². The minimum atomic E-state index is -4.84. The fourth-order valence-electron chi connectivity index (χ4n) is 3.13. The second-order valence-electron chi connectivity index (χ2n) is 6.41. The molecule has 0 saturated carbocycles. The molecule has 0 saturated heterocycles. The van der Waals surface area contributed by atoms with Crippen LogP contribution in [0.5, 0.6) is 11.6 Å². The van der Waals surface area contributed by atoms with Crippen molar-refractivity contribution in [2.45, 2.75) is 12.9 Å². The van der Waals surface area contributed by atoms with Gasteiger partial charge in [-0.05, 0) is 54.1 Å². The molecular weight excluding hydrogens is 406 g/mol. The summed E-state index contributed by atoms with van der Waals surface area (Å²) in [6, 6.07) is 10.2. The maximum absolute atomic E-state index is 13.6. The second-order valence-corrected chi connectivity index (χ2v) is 6.41. The lowest BCUT2D eigenvalue weighted by Crippen LogP contribution is -2.23. The normalized spacial score (nSPS) is 11.7. The molecule has 2 heterocycles. The first-order valence-electron chi connectivity index (χ1n) is 8.62. The Kier molecular flexibility index (Phi) is 4.69. The largest absolute Gasteiger partial charge is 0.573 e. The van der Waals surface area contributed by atoms with Crippen LogP contribution in [0.2, 0.25) is 0 Å². The molecule has 0 aliphatic carbocycles. The van der Waals surface area contributed by atoms with Gasteiger partial charge in [0.15, 0.2) is 0 Å². The van der Waals surface area contributed by atoms with Crippen molar-refractivity contribution in [2.75, 3.05) is 0 Å². The zero-order valence-corrected chi connectivity index (χ0v) is 15.1. The molecule has 0 amide bonds. The van der Waals surface area contributed by atoms with Crippen LogP contribution in [-0.4, -0.2) is 25.6 Å². The quantitative estimate of drug-likeness (QED) is 0.508. The highest BCUT2D eigenvalue weighted by atomic mass is 19.4. The monoisotopic (exact) mass is 419 g/mol. The Labute approximate surface area is 166 Å². The predicted octanol–water partition coefficient (Wildman–Crippen LogP) is 3.98. The van der Waals surface area contributed by atoms with E-state index in [4.69, 9.17) is 0 Å². The first-order chi connectivity index (χ1) is 14.2. The lowest BCUT2D eigenvalue weighted by molar-refractivity contribution is -0.274. The van der Waals surface area contributed by atoms with Gasteiger partial charge >= 0.3 is 12.1 Å². The Bertz CT molecular complexity index is 1280. The molecule has 2 aromatic heterocycles. The molecule has 4 rings (SSSR count). The van der Waals surface area contributed by atoms with Gasteiger partial charge in [0.25, 0.3) is 0 Å². The van der Waals surface area contributed by atoms with Crippen LogP contribution in [0, 0.1) is 5.82 Å². The lowest BCUT2D eigenvalue weighted by Gasteiger charge is -2.09. The lowest BCUT2D eigenvalue weighted by atomic mass is 10.1. The van der Waals surface area contributed by atoms with E-state index >= 15 is 0 Å². The summed E-state index contributed by atoms with van der Waals surface area (Å²) in [5, 5.41) is 10.7. The van der Waals surface area contributed by atoms with Gasteiger partial charge in [-0.3, -0.25) is 9.55 Å². The molecule has 2 aromatic carbocycles. The zero-order valence-electron chi connectivity index (χ0n) is 15.1. The second kappa shape index (κ2) is 7.21. The summed E-state index contributed by atoms with van der Waals surface area (Å²) in [4.78, 5) is 16.9. The smallest absolute Gasteiger partial charge is 0.493 e. The Balaban J connectivity index is 1.68. The van der Waals surface area contributed by atoms with E-state index in [-0.39, 0.29) is 12.2 Å². The van der Waals surface area contributed by atoms with Crippen LogP contribution in [0.25, 0.3) is 16.6 Å². The van der Waals surface area contributed by atoms with Gasteiger partial charge in [0.2, 0.25) is 5.88 Å². The minimum absolute atomic E-state index is 0.0249. The van der Waals surface area contributed by atoms with Gasteiger partial charge in [-0.2, -0.15) is 0 Å². The van der Waals surface area contributed by atoms with E-state index < -0.39 is 29.5 Å². The van der Waals surface area contributed by atoms with Crippen molar-refractivity contribution >= 4 is 10.9 Å². The Morgan fingerprint density at radius 2 is 1.80 bits per heavy atom. The standard InChI is InChI=1S/C20H13F4N3O3/c21-13-1-6-17-16(9-13)12(7-8-25-17)10-26-11-18(28)27(19(26)29)14-2-4-15(5-3-14)30-20(22,23)24/h1-9,11,28H,10H2. The Morgan fingerprint density at radius 1 is 1.07 bits per heavy atom. The number of aromatic hydroxyl groups is 1. The van der Waals surface area contributed by atoms with Crippen LogP contribution in [0.1, 0.15) is 5.56 Å². The number of ether oxygens (including phenoxy) is 1. The van der Waals surface area contributed by atoms with Crippen molar-refractivity contribution in [3.8, 4) is 17.3 Å². The molecule has 0 aliphatic rings. The number of hydrogen-bond acceptors (Lipinski definition) is 4. The van der Waals surface area contributed by atoms with Crippen LogP contribution in [0.15, 0.2) is 65.7 Å². The third-order valence-electron chi connectivity index (χ3n) is 4.40. The maximum Gasteiger partial charge on any atom is 0.573 e. The molecule has 0 bridgehead atoms. The summed E-state index contributed by atoms with van der Waals surface area (Å²) in [6.07, 6.45) is -2.12. The van der Waals surface area contributed by atoms with E-state index in [0.717, 1.165) is 16.7 Å². The van der Waals surface area contributed by atoms with Gasteiger partial charge in [0, 0.05) is 11.6 Å². The molecule has 4 aromatic rings. The van der Waals surface area contributed by atoms with E-state index in [0.29, 0.717) is 16.5 Å². The highest BCUT2D eigenvalue weighted by molar-refractivity contribution is 5.82. The van der Waals surface area contributed by atoms with E-state index in [1.165, 1.54) is 47.3 Å². The summed E-state index contributed by atoms with van der Waals surface area (Å²) in [5.74, 6) is -1.32. The van der Waals surface area contributed by atoms with Gasteiger partial charge in [-0.15, -0.1) is 13.2 Å². The topological polar surface area (TPSA) is 69.3 Å². The number of aromatic nitrogens is 3. The van der Waals surface area contributed by atoms with Gasteiger partial charge < -0.3 is 9.84 Å². The predicted molar refractivity (Wildman–Crippen MR) is 99.2 cm³/mol. The molecule has 0 aliphatic heterocycles.